The number of dihydropyridines is 1. The lowest BCUT2D eigenvalue weighted by Crippen LogP contribution is -2.32. The molecule has 1 aromatic heterocycles. The van der Waals surface area contributed by atoms with Gasteiger partial charge in [0.2, 0.25) is 0 Å². The first-order valence-electron chi connectivity index (χ1n) is 12.3. The van der Waals surface area contributed by atoms with E-state index in [-0.39, 0.29) is 13.2 Å². The Hall–Kier alpha value is -3.91. The van der Waals surface area contributed by atoms with Crippen LogP contribution in [-0.4, -0.2) is 30.1 Å². The van der Waals surface area contributed by atoms with Crippen molar-refractivity contribution in [2.75, 3.05) is 18.5 Å². The van der Waals surface area contributed by atoms with Crippen molar-refractivity contribution >= 4 is 34.1 Å². The Morgan fingerprint density at radius 2 is 1.51 bits per heavy atom. The van der Waals surface area contributed by atoms with E-state index in [2.05, 4.69) is 22.8 Å². The zero-order valence-electron chi connectivity index (χ0n) is 21.5. The maximum Gasteiger partial charge on any atom is 0.336 e. The van der Waals surface area contributed by atoms with Crippen molar-refractivity contribution < 1.29 is 19.1 Å². The van der Waals surface area contributed by atoms with Crippen LogP contribution in [0.3, 0.4) is 0 Å². The summed E-state index contributed by atoms with van der Waals surface area (Å²) in [5, 5.41) is 9.36. The summed E-state index contributed by atoms with van der Waals surface area (Å²) >= 11 is 1.51. The average molecular weight is 518 g/mol. The van der Waals surface area contributed by atoms with E-state index in [1.54, 1.807) is 13.8 Å². The van der Waals surface area contributed by atoms with Gasteiger partial charge in [-0.2, -0.15) is 0 Å². The molecule has 3 aromatic rings. The van der Waals surface area contributed by atoms with Crippen LogP contribution in [-0.2, 0) is 25.5 Å². The van der Waals surface area contributed by atoms with Gasteiger partial charge in [0.05, 0.1) is 36.0 Å². The highest BCUT2D eigenvalue weighted by molar-refractivity contribution is 7.13. The van der Waals surface area contributed by atoms with E-state index in [9.17, 15) is 9.59 Å². The van der Waals surface area contributed by atoms with Crippen molar-refractivity contribution in [1.29, 1.82) is 0 Å². The third kappa shape index (κ3) is 5.91. The number of nitrogens with one attached hydrogen (secondary N) is 2. The first-order valence-corrected chi connectivity index (χ1v) is 13.2. The standard InChI is InChI=1S/C29H31N3O4S/c1-5-35-27(33)24-18(3)30-19(4)25(28(34)36-6-2)26(24)22-14-10-11-15-23(22)32-29-31-21(17-37-29)16-20-12-8-7-9-13-20/h7-15,17,26,30H,5-6,16H2,1-4H3,(H,31,32). The van der Waals surface area contributed by atoms with Crippen LogP contribution in [0, 0.1) is 0 Å². The fourth-order valence-electron chi connectivity index (χ4n) is 4.49. The minimum Gasteiger partial charge on any atom is -0.463 e. The van der Waals surface area contributed by atoms with Crippen LogP contribution in [0.5, 0.6) is 0 Å². The molecule has 0 radical (unpaired) electrons. The third-order valence-corrected chi connectivity index (χ3v) is 6.85. The molecule has 0 amide bonds. The highest BCUT2D eigenvalue weighted by atomic mass is 32.1. The number of hydrogen-bond donors (Lipinski definition) is 2. The first kappa shape index (κ1) is 26.2. The number of benzene rings is 2. The van der Waals surface area contributed by atoms with Crippen LogP contribution in [0.25, 0.3) is 0 Å². The molecule has 0 atom stereocenters. The maximum atomic E-state index is 13.1. The number of carbonyl (C=O) groups is 2. The molecule has 4 rings (SSSR count). The van der Waals surface area contributed by atoms with Crippen molar-refractivity contribution in [2.24, 2.45) is 0 Å². The third-order valence-electron chi connectivity index (χ3n) is 6.04. The summed E-state index contributed by atoms with van der Waals surface area (Å²) in [5.74, 6) is -1.62. The van der Waals surface area contributed by atoms with E-state index >= 15 is 0 Å². The SMILES string of the molecule is CCOC(=O)C1=C(C)NC(C)=C(C(=O)OCC)C1c1ccccc1Nc1nc(Cc2ccccc2)cs1. The molecule has 0 spiro atoms. The van der Waals surface area contributed by atoms with E-state index in [4.69, 9.17) is 14.5 Å². The summed E-state index contributed by atoms with van der Waals surface area (Å²) in [6.07, 6.45) is 0.735. The number of thiazole rings is 1. The van der Waals surface area contributed by atoms with Crippen LogP contribution in [0.1, 0.15) is 50.4 Å². The first-order chi connectivity index (χ1) is 17.9. The molecular weight excluding hydrogens is 486 g/mol. The van der Waals surface area contributed by atoms with Gasteiger partial charge in [-0.1, -0.05) is 48.5 Å². The second-order valence-corrected chi connectivity index (χ2v) is 9.45. The molecule has 0 aliphatic carbocycles. The van der Waals surface area contributed by atoms with Crippen LogP contribution < -0.4 is 10.6 Å². The van der Waals surface area contributed by atoms with Gasteiger partial charge in [-0.25, -0.2) is 14.6 Å². The highest BCUT2D eigenvalue weighted by Crippen LogP contribution is 2.42. The number of nitrogens with zero attached hydrogens (tertiary/aromatic N) is 1. The topological polar surface area (TPSA) is 89.5 Å². The van der Waals surface area contributed by atoms with E-state index < -0.39 is 17.9 Å². The van der Waals surface area contributed by atoms with Crippen molar-refractivity contribution in [2.45, 2.75) is 40.0 Å². The lowest BCUT2D eigenvalue weighted by atomic mass is 9.79. The lowest BCUT2D eigenvalue weighted by Gasteiger charge is -2.31. The molecule has 1 aliphatic heterocycles. The summed E-state index contributed by atoms with van der Waals surface area (Å²) in [6, 6.07) is 17.8. The Kier molecular flexibility index (Phi) is 8.40. The van der Waals surface area contributed by atoms with Crippen LogP contribution >= 0.6 is 11.3 Å². The van der Waals surface area contributed by atoms with E-state index in [0.717, 1.165) is 28.5 Å². The van der Waals surface area contributed by atoms with Gasteiger partial charge in [-0.05, 0) is 44.9 Å². The predicted molar refractivity (Wildman–Crippen MR) is 146 cm³/mol. The smallest absolute Gasteiger partial charge is 0.336 e. The van der Waals surface area contributed by atoms with Gasteiger partial charge in [0, 0.05) is 28.9 Å². The van der Waals surface area contributed by atoms with Crippen molar-refractivity contribution in [3.8, 4) is 0 Å². The molecule has 0 bridgehead atoms. The molecule has 2 aromatic carbocycles. The minimum atomic E-state index is -0.674. The molecule has 0 saturated carbocycles. The van der Waals surface area contributed by atoms with Crippen LogP contribution in [0.2, 0.25) is 0 Å². The van der Waals surface area contributed by atoms with Crippen LogP contribution in [0.4, 0.5) is 10.8 Å². The van der Waals surface area contributed by atoms with E-state index in [1.807, 2.05) is 61.7 Å². The summed E-state index contributed by atoms with van der Waals surface area (Å²) in [5.41, 5.74) is 5.71. The van der Waals surface area contributed by atoms with Crippen molar-refractivity contribution in [3.05, 3.63) is 99.3 Å². The number of ether oxygens (including phenoxy) is 2. The average Bonchev–Trinajstić information content (AvgIpc) is 3.31. The molecule has 2 heterocycles. The minimum absolute atomic E-state index is 0.225. The molecule has 1 aliphatic rings. The molecule has 7 nitrogen and oxygen atoms in total. The number of rotatable bonds is 9. The quantitative estimate of drug-likeness (QED) is 0.345. The maximum absolute atomic E-state index is 13.1. The molecule has 0 fully saturated rings. The van der Waals surface area contributed by atoms with Gasteiger partial charge in [0.25, 0.3) is 0 Å². The number of aromatic nitrogens is 1. The fraction of sp³-hybridized carbons (Fsp3) is 0.276. The fourth-order valence-corrected chi connectivity index (χ4v) is 5.21. The van der Waals surface area contributed by atoms with Crippen LogP contribution in [0.15, 0.2) is 82.5 Å². The molecule has 8 heteroatoms. The summed E-state index contributed by atoms with van der Waals surface area (Å²) in [7, 11) is 0. The highest BCUT2D eigenvalue weighted by Gasteiger charge is 2.39. The zero-order chi connectivity index (χ0) is 26.4. The van der Waals surface area contributed by atoms with Gasteiger partial charge in [0.15, 0.2) is 5.13 Å². The van der Waals surface area contributed by atoms with Crippen molar-refractivity contribution in [1.82, 2.24) is 10.3 Å². The Morgan fingerprint density at radius 3 is 2.14 bits per heavy atom. The van der Waals surface area contributed by atoms with E-state index in [1.165, 1.54) is 16.9 Å². The zero-order valence-corrected chi connectivity index (χ0v) is 22.3. The number of hydrogen-bond acceptors (Lipinski definition) is 8. The number of para-hydroxylation sites is 1. The Bertz CT molecular complexity index is 1300. The summed E-state index contributed by atoms with van der Waals surface area (Å²) < 4.78 is 10.8. The monoisotopic (exact) mass is 517 g/mol. The molecule has 2 N–H and O–H groups in total. The molecule has 192 valence electrons. The number of anilines is 2. The van der Waals surface area contributed by atoms with E-state index in [0.29, 0.717) is 22.5 Å². The Labute approximate surface area is 221 Å². The summed E-state index contributed by atoms with van der Waals surface area (Å²) in [4.78, 5) is 31.1. The molecule has 37 heavy (non-hydrogen) atoms. The second kappa shape index (κ2) is 11.9. The van der Waals surface area contributed by atoms with Gasteiger partial charge in [-0.15, -0.1) is 11.3 Å². The second-order valence-electron chi connectivity index (χ2n) is 8.59. The number of allylic oxidation sites excluding steroid dienone is 2. The normalized spacial score (nSPS) is 13.8. The van der Waals surface area contributed by atoms with Gasteiger partial charge in [-0.3, -0.25) is 0 Å². The Morgan fingerprint density at radius 1 is 0.919 bits per heavy atom. The van der Waals surface area contributed by atoms with Gasteiger partial charge < -0.3 is 20.1 Å². The summed E-state index contributed by atoms with van der Waals surface area (Å²) in [6.45, 7) is 7.61. The van der Waals surface area contributed by atoms with Gasteiger partial charge in [0.1, 0.15) is 0 Å². The lowest BCUT2D eigenvalue weighted by molar-refractivity contribution is -0.139. The van der Waals surface area contributed by atoms with Crippen molar-refractivity contribution in [3.63, 3.8) is 0 Å². The molecular formula is C29H31N3O4S. The largest absolute Gasteiger partial charge is 0.463 e. The van der Waals surface area contributed by atoms with Gasteiger partial charge >= 0.3 is 11.9 Å². The molecule has 0 unspecified atom stereocenters. The molecule has 0 saturated heterocycles. The number of carbonyl (C=O) groups excluding carboxylic acids is 2. The Balaban J connectivity index is 1.73. The predicted octanol–water partition coefficient (Wildman–Crippen LogP) is 5.84. The number of esters is 2.